The smallest absolute Gasteiger partial charge is 0.231 e. The monoisotopic (exact) mass is 299 g/mol. The minimum absolute atomic E-state index is 0.0399. The minimum atomic E-state index is -0.447. The van der Waals surface area contributed by atoms with Gasteiger partial charge >= 0.3 is 0 Å². The molecular formula is C16H17N3O3. The van der Waals surface area contributed by atoms with Crippen molar-refractivity contribution in [3.8, 4) is 11.8 Å². The van der Waals surface area contributed by atoms with Crippen LogP contribution in [0.1, 0.15) is 36.9 Å². The third kappa shape index (κ3) is 1.82. The van der Waals surface area contributed by atoms with Crippen molar-refractivity contribution < 1.29 is 14.3 Å². The van der Waals surface area contributed by atoms with E-state index in [1.807, 2.05) is 11.8 Å². The van der Waals surface area contributed by atoms with Gasteiger partial charge in [-0.2, -0.15) is 5.26 Å². The van der Waals surface area contributed by atoms with Crippen LogP contribution in [0.5, 0.6) is 5.75 Å². The van der Waals surface area contributed by atoms with Crippen molar-refractivity contribution >= 4 is 5.91 Å². The summed E-state index contributed by atoms with van der Waals surface area (Å²) < 4.78 is 11.4. The maximum absolute atomic E-state index is 13.0. The Kier molecular flexibility index (Phi) is 2.88. The highest BCUT2D eigenvalue weighted by Gasteiger charge is 2.49. The zero-order valence-electron chi connectivity index (χ0n) is 12.4. The molecule has 4 heterocycles. The van der Waals surface area contributed by atoms with Crippen LogP contribution >= 0.6 is 0 Å². The lowest BCUT2D eigenvalue weighted by Gasteiger charge is -2.32. The van der Waals surface area contributed by atoms with Crippen molar-refractivity contribution in [1.29, 1.82) is 5.26 Å². The zero-order valence-corrected chi connectivity index (χ0v) is 12.4. The Morgan fingerprint density at radius 1 is 1.55 bits per heavy atom. The molecule has 114 valence electrons. The number of pyridine rings is 1. The van der Waals surface area contributed by atoms with Gasteiger partial charge in [0.05, 0.1) is 24.6 Å². The van der Waals surface area contributed by atoms with Crippen molar-refractivity contribution in [2.45, 2.75) is 31.9 Å². The molecule has 4 rings (SSSR count). The van der Waals surface area contributed by atoms with Crippen LogP contribution in [0.15, 0.2) is 12.4 Å². The van der Waals surface area contributed by atoms with Gasteiger partial charge in [-0.3, -0.25) is 9.78 Å². The molecular weight excluding hydrogens is 282 g/mol. The van der Waals surface area contributed by atoms with Crippen molar-refractivity contribution in [3.05, 3.63) is 23.5 Å². The Morgan fingerprint density at radius 2 is 2.41 bits per heavy atom. The second kappa shape index (κ2) is 4.68. The van der Waals surface area contributed by atoms with Crippen LogP contribution in [-0.4, -0.2) is 41.7 Å². The molecule has 0 unspecified atom stereocenters. The van der Waals surface area contributed by atoms with Gasteiger partial charge in [0.2, 0.25) is 5.91 Å². The number of rotatable bonds is 1. The van der Waals surface area contributed by atoms with E-state index >= 15 is 0 Å². The average molecular weight is 299 g/mol. The molecule has 3 atom stereocenters. The van der Waals surface area contributed by atoms with E-state index in [9.17, 15) is 10.1 Å². The summed E-state index contributed by atoms with van der Waals surface area (Å²) in [6.07, 6.45) is 4.72. The number of carbonyl (C=O) groups is 1. The summed E-state index contributed by atoms with van der Waals surface area (Å²) in [4.78, 5) is 19.0. The molecule has 3 aliphatic rings. The Hall–Kier alpha value is -2.13. The predicted octanol–water partition coefficient (Wildman–Crippen LogP) is 1.41. The second-order valence-electron chi connectivity index (χ2n) is 6.53. The van der Waals surface area contributed by atoms with Gasteiger partial charge in [-0.05, 0) is 13.3 Å². The summed E-state index contributed by atoms with van der Waals surface area (Å²) in [5, 5.41) is 9.21. The van der Waals surface area contributed by atoms with Crippen LogP contribution in [0.4, 0.5) is 0 Å². The molecule has 1 amide bonds. The highest BCUT2D eigenvalue weighted by molar-refractivity contribution is 5.84. The first-order valence-corrected chi connectivity index (χ1v) is 7.56. The van der Waals surface area contributed by atoms with Crippen LogP contribution in [0, 0.1) is 16.7 Å². The van der Waals surface area contributed by atoms with Gasteiger partial charge in [0, 0.05) is 31.0 Å². The van der Waals surface area contributed by atoms with E-state index in [2.05, 4.69) is 11.1 Å². The molecule has 22 heavy (non-hydrogen) atoms. The van der Waals surface area contributed by atoms with E-state index in [4.69, 9.17) is 9.47 Å². The SMILES string of the molecule is C[C@]1(C(=O)N2C[C@@H]3C[C@H]2c2cncc(C#N)c2O3)CCOC1. The molecule has 0 aliphatic carbocycles. The minimum Gasteiger partial charge on any atom is -0.487 e. The van der Waals surface area contributed by atoms with E-state index in [1.54, 1.807) is 6.20 Å². The van der Waals surface area contributed by atoms with Gasteiger partial charge in [0.25, 0.3) is 0 Å². The number of ether oxygens (including phenoxy) is 2. The molecule has 0 spiro atoms. The fourth-order valence-electron chi connectivity index (χ4n) is 3.66. The normalized spacial score (nSPS) is 32.3. The van der Waals surface area contributed by atoms with E-state index < -0.39 is 5.41 Å². The fourth-order valence-corrected chi connectivity index (χ4v) is 3.66. The predicted molar refractivity (Wildman–Crippen MR) is 76.0 cm³/mol. The molecule has 0 radical (unpaired) electrons. The molecule has 6 nitrogen and oxygen atoms in total. The van der Waals surface area contributed by atoms with Crippen LogP contribution in [0.3, 0.4) is 0 Å². The average Bonchev–Trinajstić information content (AvgIpc) is 3.12. The highest BCUT2D eigenvalue weighted by Crippen LogP contribution is 2.46. The Morgan fingerprint density at radius 3 is 3.14 bits per heavy atom. The maximum atomic E-state index is 13.0. The lowest BCUT2D eigenvalue weighted by molar-refractivity contribution is -0.142. The molecule has 1 aromatic rings. The molecule has 2 bridgehead atoms. The first kappa shape index (κ1) is 13.5. The topological polar surface area (TPSA) is 75.5 Å². The van der Waals surface area contributed by atoms with Crippen molar-refractivity contribution in [1.82, 2.24) is 9.88 Å². The van der Waals surface area contributed by atoms with Crippen LogP contribution in [0.25, 0.3) is 0 Å². The van der Waals surface area contributed by atoms with Gasteiger partial charge in [0.15, 0.2) is 0 Å². The first-order valence-electron chi connectivity index (χ1n) is 7.56. The standard InChI is InChI=1S/C16H17N3O3/c1-16(2-3-21-9-16)15(20)19-8-11-4-13(19)12-7-18-6-10(5-17)14(12)22-11/h6-7,11,13H,2-4,8-9H2,1H3/t11-,13-,16-/m0/s1. The summed E-state index contributed by atoms with van der Waals surface area (Å²) in [5.74, 6) is 0.721. The third-order valence-electron chi connectivity index (χ3n) is 4.95. The molecule has 1 aromatic heterocycles. The quantitative estimate of drug-likeness (QED) is 0.784. The number of fused-ring (bicyclic) bond motifs is 4. The largest absolute Gasteiger partial charge is 0.487 e. The fraction of sp³-hybridized carbons (Fsp3) is 0.562. The summed E-state index contributed by atoms with van der Waals surface area (Å²) in [5.41, 5.74) is 0.846. The van der Waals surface area contributed by atoms with Crippen LogP contribution in [-0.2, 0) is 9.53 Å². The number of nitrogens with zero attached hydrogens (tertiary/aromatic N) is 3. The van der Waals surface area contributed by atoms with Gasteiger partial charge < -0.3 is 14.4 Å². The summed E-state index contributed by atoms with van der Waals surface area (Å²) in [6.45, 7) is 3.65. The van der Waals surface area contributed by atoms with Crippen LogP contribution < -0.4 is 4.74 Å². The van der Waals surface area contributed by atoms with Gasteiger partial charge in [0.1, 0.15) is 23.5 Å². The second-order valence-corrected chi connectivity index (χ2v) is 6.53. The molecule has 2 saturated heterocycles. The lowest BCUT2D eigenvalue weighted by Crippen LogP contribution is -2.42. The third-order valence-corrected chi connectivity index (χ3v) is 4.95. The van der Waals surface area contributed by atoms with Crippen molar-refractivity contribution in [2.24, 2.45) is 5.41 Å². The molecule has 0 saturated carbocycles. The maximum Gasteiger partial charge on any atom is 0.231 e. The number of nitriles is 1. The van der Waals surface area contributed by atoms with E-state index in [-0.39, 0.29) is 18.1 Å². The molecule has 0 N–H and O–H groups in total. The summed E-state index contributed by atoms with van der Waals surface area (Å²) >= 11 is 0. The van der Waals surface area contributed by atoms with Gasteiger partial charge in [-0.1, -0.05) is 0 Å². The Labute approximate surface area is 128 Å². The van der Waals surface area contributed by atoms with E-state index in [1.165, 1.54) is 6.20 Å². The Bertz CT molecular complexity index is 676. The van der Waals surface area contributed by atoms with Gasteiger partial charge in [-0.15, -0.1) is 0 Å². The number of aromatic nitrogens is 1. The van der Waals surface area contributed by atoms with E-state index in [0.717, 1.165) is 18.4 Å². The molecule has 2 fully saturated rings. The molecule has 6 heteroatoms. The number of carbonyl (C=O) groups excluding carboxylic acids is 1. The van der Waals surface area contributed by atoms with Crippen LogP contribution in [0.2, 0.25) is 0 Å². The first-order chi connectivity index (χ1) is 10.6. The number of likely N-dealkylation sites (tertiary alicyclic amines) is 1. The molecule has 0 aromatic carbocycles. The Balaban J connectivity index is 1.70. The number of hydrogen-bond acceptors (Lipinski definition) is 5. The number of hydrogen-bond donors (Lipinski definition) is 0. The number of amides is 1. The van der Waals surface area contributed by atoms with Crippen molar-refractivity contribution in [2.75, 3.05) is 19.8 Å². The summed E-state index contributed by atoms with van der Waals surface area (Å²) in [6, 6.07) is 2.08. The van der Waals surface area contributed by atoms with Gasteiger partial charge in [-0.25, -0.2) is 0 Å². The highest BCUT2D eigenvalue weighted by atomic mass is 16.5. The van der Waals surface area contributed by atoms with E-state index in [0.29, 0.717) is 31.1 Å². The lowest BCUT2D eigenvalue weighted by atomic mass is 9.87. The summed E-state index contributed by atoms with van der Waals surface area (Å²) in [7, 11) is 0. The molecule has 3 aliphatic heterocycles. The van der Waals surface area contributed by atoms with Crippen molar-refractivity contribution in [3.63, 3.8) is 0 Å². The zero-order chi connectivity index (χ0) is 15.3.